The molecule has 0 bridgehead atoms. The van der Waals surface area contributed by atoms with Crippen molar-refractivity contribution in [1.82, 2.24) is 9.88 Å². The lowest BCUT2D eigenvalue weighted by Gasteiger charge is -2.18. The van der Waals surface area contributed by atoms with Crippen molar-refractivity contribution < 1.29 is 23.6 Å². The molecule has 0 aliphatic carbocycles. The van der Waals surface area contributed by atoms with Crippen LogP contribution in [0.1, 0.15) is 25.1 Å². The van der Waals surface area contributed by atoms with E-state index in [1.54, 1.807) is 19.9 Å². The highest BCUT2D eigenvalue weighted by Gasteiger charge is 2.28. The minimum absolute atomic E-state index is 0.0760. The molecule has 1 aliphatic rings. The first-order valence-corrected chi connectivity index (χ1v) is 9.92. The number of nitro benzene ring substituents is 1. The van der Waals surface area contributed by atoms with Gasteiger partial charge < -0.3 is 14.6 Å². The Balaban J connectivity index is 2.08. The first-order valence-electron chi connectivity index (χ1n) is 9.92. The van der Waals surface area contributed by atoms with Crippen molar-refractivity contribution in [1.29, 1.82) is 0 Å². The second kappa shape index (κ2) is 9.42. The van der Waals surface area contributed by atoms with Gasteiger partial charge in [-0.25, -0.2) is 9.18 Å². The SMILES string of the molecule is C=C/C(F)=C\C=C(/C)C(=O)N1C=C(C(=O)OCC)c2[nH]c3cc([N+](=O)[O-])ccc3c2CC1. The molecule has 166 valence electrons. The topological polar surface area (TPSA) is 106 Å². The number of amides is 1. The van der Waals surface area contributed by atoms with Crippen molar-refractivity contribution in [3.63, 3.8) is 0 Å². The number of aromatic nitrogens is 1. The second-order valence-electron chi connectivity index (χ2n) is 7.08. The van der Waals surface area contributed by atoms with Gasteiger partial charge in [0.2, 0.25) is 0 Å². The summed E-state index contributed by atoms with van der Waals surface area (Å²) in [7, 11) is 0. The molecule has 1 aromatic carbocycles. The van der Waals surface area contributed by atoms with Gasteiger partial charge in [0.25, 0.3) is 11.6 Å². The number of esters is 1. The van der Waals surface area contributed by atoms with E-state index in [4.69, 9.17) is 4.74 Å². The van der Waals surface area contributed by atoms with E-state index in [0.717, 1.165) is 23.1 Å². The van der Waals surface area contributed by atoms with E-state index in [1.165, 1.54) is 29.3 Å². The summed E-state index contributed by atoms with van der Waals surface area (Å²) in [6.45, 7) is 6.92. The molecular weight excluding hydrogens is 417 g/mol. The maximum absolute atomic E-state index is 13.3. The quantitative estimate of drug-likeness (QED) is 0.237. The van der Waals surface area contributed by atoms with Gasteiger partial charge in [-0.3, -0.25) is 14.9 Å². The van der Waals surface area contributed by atoms with Crippen LogP contribution in [0, 0.1) is 10.1 Å². The molecule has 0 unspecified atom stereocenters. The maximum Gasteiger partial charge on any atom is 0.341 e. The number of non-ortho nitro benzene ring substituents is 1. The number of allylic oxidation sites excluding steroid dienone is 4. The summed E-state index contributed by atoms with van der Waals surface area (Å²) in [5.41, 5.74) is 2.05. The molecule has 0 spiro atoms. The number of nitro groups is 1. The summed E-state index contributed by atoms with van der Waals surface area (Å²) in [6, 6.07) is 4.42. The van der Waals surface area contributed by atoms with Crippen LogP contribution in [-0.2, 0) is 20.7 Å². The van der Waals surface area contributed by atoms with E-state index in [1.807, 2.05) is 0 Å². The molecule has 32 heavy (non-hydrogen) atoms. The van der Waals surface area contributed by atoms with Crippen molar-refractivity contribution in [2.45, 2.75) is 20.3 Å². The second-order valence-corrected chi connectivity index (χ2v) is 7.08. The van der Waals surface area contributed by atoms with Gasteiger partial charge in [0, 0.05) is 35.8 Å². The lowest BCUT2D eigenvalue weighted by Crippen LogP contribution is -2.28. The van der Waals surface area contributed by atoms with Crippen LogP contribution in [0.25, 0.3) is 16.5 Å². The molecule has 0 atom stereocenters. The zero-order valence-corrected chi connectivity index (χ0v) is 17.7. The number of halogens is 1. The number of aromatic amines is 1. The first-order chi connectivity index (χ1) is 15.3. The monoisotopic (exact) mass is 439 g/mol. The smallest absolute Gasteiger partial charge is 0.341 e. The van der Waals surface area contributed by atoms with Crippen LogP contribution in [0.15, 0.2) is 60.6 Å². The average Bonchev–Trinajstić information content (AvgIpc) is 3.03. The molecule has 3 rings (SSSR count). The Morgan fingerprint density at radius 1 is 1.38 bits per heavy atom. The Morgan fingerprint density at radius 3 is 2.78 bits per heavy atom. The highest BCUT2D eigenvalue weighted by molar-refractivity contribution is 6.18. The Hall–Kier alpha value is -4.01. The van der Waals surface area contributed by atoms with E-state index in [2.05, 4.69) is 11.6 Å². The third-order valence-electron chi connectivity index (χ3n) is 5.04. The van der Waals surface area contributed by atoms with Crippen LogP contribution in [0.2, 0.25) is 0 Å². The fourth-order valence-electron chi connectivity index (χ4n) is 3.46. The van der Waals surface area contributed by atoms with Gasteiger partial charge in [0.05, 0.1) is 28.3 Å². The number of fused-ring (bicyclic) bond motifs is 3. The van der Waals surface area contributed by atoms with Gasteiger partial charge in [-0.15, -0.1) is 0 Å². The molecule has 0 radical (unpaired) electrons. The van der Waals surface area contributed by atoms with Crippen LogP contribution in [0.4, 0.5) is 10.1 Å². The van der Waals surface area contributed by atoms with Crippen LogP contribution in [0.3, 0.4) is 0 Å². The Morgan fingerprint density at radius 2 is 2.12 bits per heavy atom. The molecule has 0 saturated heterocycles. The number of hydrogen-bond acceptors (Lipinski definition) is 5. The number of benzene rings is 1. The van der Waals surface area contributed by atoms with Crippen molar-refractivity contribution >= 4 is 34.0 Å². The van der Waals surface area contributed by atoms with Crippen molar-refractivity contribution in [2.75, 3.05) is 13.2 Å². The summed E-state index contributed by atoms with van der Waals surface area (Å²) in [4.78, 5) is 40.7. The summed E-state index contributed by atoms with van der Waals surface area (Å²) >= 11 is 0. The highest BCUT2D eigenvalue weighted by Crippen LogP contribution is 2.33. The predicted octanol–water partition coefficient (Wildman–Crippen LogP) is 4.35. The van der Waals surface area contributed by atoms with Gasteiger partial charge in [-0.1, -0.05) is 12.7 Å². The lowest BCUT2D eigenvalue weighted by atomic mass is 10.0. The number of nitrogens with zero attached hydrogens (tertiary/aromatic N) is 2. The van der Waals surface area contributed by atoms with Crippen molar-refractivity contribution in [2.24, 2.45) is 0 Å². The van der Waals surface area contributed by atoms with E-state index < -0.39 is 22.6 Å². The number of nitrogens with one attached hydrogen (secondary N) is 1. The Bertz CT molecular complexity index is 1210. The predicted molar refractivity (Wildman–Crippen MR) is 118 cm³/mol. The zero-order chi connectivity index (χ0) is 23.4. The van der Waals surface area contributed by atoms with Crippen LogP contribution >= 0.6 is 0 Å². The van der Waals surface area contributed by atoms with Crippen molar-refractivity contribution in [3.8, 4) is 0 Å². The number of hydrogen-bond donors (Lipinski definition) is 1. The van der Waals surface area contributed by atoms with Crippen LogP contribution in [0.5, 0.6) is 0 Å². The number of rotatable bonds is 6. The maximum atomic E-state index is 13.3. The Labute approximate surface area is 183 Å². The number of H-pyrrole nitrogens is 1. The van der Waals surface area contributed by atoms with E-state index in [0.29, 0.717) is 17.6 Å². The fraction of sp³-hybridized carbons (Fsp3) is 0.217. The Kier molecular flexibility index (Phi) is 6.67. The van der Waals surface area contributed by atoms with Crippen LogP contribution in [-0.4, -0.2) is 39.8 Å². The third kappa shape index (κ3) is 4.51. The van der Waals surface area contributed by atoms with Gasteiger partial charge in [0.15, 0.2) is 0 Å². The number of carbonyl (C=O) groups is 2. The average molecular weight is 439 g/mol. The van der Waals surface area contributed by atoms with Gasteiger partial charge in [0.1, 0.15) is 5.83 Å². The summed E-state index contributed by atoms with van der Waals surface area (Å²) in [5.74, 6) is -1.61. The largest absolute Gasteiger partial charge is 0.462 e. The molecule has 1 aromatic heterocycles. The summed E-state index contributed by atoms with van der Waals surface area (Å²) in [6.07, 6.45) is 5.30. The molecule has 1 N–H and O–H groups in total. The molecule has 2 aromatic rings. The zero-order valence-electron chi connectivity index (χ0n) is 17.7. The normalized spacial score (nSPS) is 14.5. The molecule has 1 amide bonds. The van der Waals surface area contributed by atoms with Gasteiger partial charge >= 0.3 is 5.97 Å². The minimum Gasteiger partial charge on any atom is -0.462 e. The lowest BCUT2D eigenvalue weighted by molar-refractivity contribution is -0.384. The molecule has 1 aliphatic heterocycles. The molecular formula is C23H22FN3O5. The molecule has 2 heterocycles. The molecule has 0 fully saturated rings. The van der Waals surface area contributed by atoms with E-state index >= 15 is 0 Å². The van der Waals surface area contributed by atoms with Crippen LogP contribution < -0.4 is 0 Å². The standard InChI is InChI=1S/C23H22FN3O5/c1-4-15(24)7-6-14(3)22(28)26-11-10-18-17-9-8-16(27(30)31)12-20(17)25-21(18)19(13-26)23(29)32-5-2/h4,6-9,12-13,25H,1,5,10-11H2,2-3H3/b14-6+,15-7+. The molecule has 8 nitrogen and oxygen atoms in total. The van der Waals surface area contributed by atoms with E-state index in [9.17, 15) is 24.1 Å². The third-order valence-corrected chi connectivity index (χ3v) is 5.04. The summed E-state index contributed by atoms with van der Waals surface area (Å²) < 4.78 is 18.5. The minimum atomic E-state index is -0.631. The fourth-order valence-corrected chi connectivity index (χ4v) is 3.46. The highest BCUT2D eigenvalue weighted by atomic mass is 19.1. The summed E-state index contributed by atoms with van der Waals surface area (Å²) in [5, 5.41) is 11.8. The molecule has 9 heteroatoms. The number of ether oxygens (including phenoxy) is 1. The number of carbonyl (C=O) groups excluding carboxylic acids is 2. The first kappa shape index (κ1) is 22.7. The molecule has 0 saturated carbocycles. The van der Waals surface area contributed by atoms with Gasteiger partial charge in [-0.2, -0.15) is 0 Å². The van der Waals surface area contributed by atoms with Crippen molar-refractivity contribution in [3.05, 3.63) is 82.0 Å². The van der Waals surface area contributed by atoms with Gasteiger partial charge in [-0.05, 0) is 44.1 Å². The van der Waals surface area contributed by atoms with E-state index in [-0.39, 0.29) is 30.0 Å².